The SMILES string of the molecule is CC(NC(=O)c1cnn(C)c1-n1cccc1)c1ccc(F)c(F)c1. The van der Waals surface area contributed by atoms with Crippen LogP contribution < -0.4 is 5.32 Å². The van der Waals surface area contributed by atoms with E-state index in [1.807, 2.05) is 24.5 Å². The Bertz CT molecular complexity index is 871. The molecule has 0 aliphatic rings. The number of halogens is 2. The van der Waals surface area contributed by atoms with Crippen molar-refractivity contribution in [1.82, 2.24) is 19.7 Å². The maximum atomic E-state index is 13.3. The molecular weight excluding hydrogens is 314 g/mol. The van der Waals surface area contributed by atoms with Gasteiger partial charge in [-0.2, -0.15) is 5.10 Å². The third kappa shape index (κ3) is 2.92. The molecule has 1 aromatic carbocycles. The first-order chi connectivity index (χ1) is 11.5. The second-order valence-corrected chi connectivity index (χ2v) is 5.46. The number of nitrogens with zero attached hydrogens (tertiary/aromatic N) is 3. The summed E-state index contributed by atoms with van der Waals surface area (Å²) >= 11 is 0. The van der Waals surface area contributed by atoms with Crippen LogP contribution in [-0.2, 0) is 7.05 Å². The number of carbonyl (C=O) groups is 1. The van der Waals surface area contributed by atoms with Crippen molar-refractivity contribution >= 4 is 5.91 Å². The lowest BCUT2D eigenvalue weighted by atomic mass is 10.1. The van der Waals surface area contributed by atoms with E-state index in [-0.39, 0.29) is 5.91 Å². The molecule has 1 N–H and O–H groups in total. The minimum absolute atomic E-state index is 0.343. The molecule has 124 valence electrons. The van der Waals surface area contributed by atoms with Crippen LogP contribution >= 0.6 is 0 Å². The molecule has 3 aromatic rings. The average Bonchev–Trinajstić information content (AvgIpc) is 3.18. The fourth-order valence-electron chi connectivity index (χ4n) is 2.51. The van der Waals surface area contributed by atoms with Crippen molar-refractivity contribution < 1.29 is 13.6 Å². The molecular formula is C17H16F2N4O. The summed E-state index contributed by atoms with van der Waals surface area (Å²) in [4.78, 5) is 12.6. The summed E-state index contributed by atoms with van der Waals surface area (Å²) in [5, 5.41) is 6.90. The Balaban J connectivity index is 1.84. The van der Waals surface area contributed by atoms with E-state index in [9.17, 15) is 13.6 Å². The summed E-state index contributed by atoms with van der Waals surface area (Å²) in [7, 11) is 1.74. The van der Waals surface area contributed by atoms with Gasteiger partial charge in [-0.3, -0.25) is 9.48 Å². The third-order valence-corrected chi connectivity index (χ3v) is 3.79. The van der Waals surface area contributed by atoms with E-state index in [2.05, 4.69) is 10.4 Å². The normalized spacial score (nSPS) is 12.2. The quantitative estimate of drug-likeness (QED) is 0.799. The van der Waals surface area contributed by atoms with Gasteiger partial charge in [-0.05, 0) is 36.8 Å². The van der Waals surface area contributed by atoms with Gasteiger partial charge in [0.15, 0.2) is 11.6 Å². The van der Waals surface area contributed by atoms with Gasteiger partial charge in [0.2, 0.25) is 0 Å². The van der Waals surface area contributed by atoms with Crippen LogP contribution in [0.4, 0.5) is 8.78 Å². The zero-order valence-electron chi connectivity index (χ0n) is 13.2. The van der Waals surface area contributed by atoms with E-state index < -0.39 is 17.7 Å². The molecule has 0 radical (unpaired) electrons. The van der Waals surface area contributed by atoms with E-state index in [1.54, 1.807) is 23.2 Å². The molecule has 3 rings (SSSR count). The van der Waals surface area contributed by atoms with Crippen molar-refractivity contribution in [1.29, 1.82) is 0 Å². The van der Waals surface area contributed by atoms with Gasteiger partial charge < -0.3 is 9.88 Å². The smallest absolute Gasteiger partial charge is 0.257 e. The van der Waals surface area contributed by atoms with Gasteiger partial charge in [-0.1, -0.05) is 6.07 Å². The van der Waals surface area contributed by atoms with Crippen LogP contribution in [0.1, 0.15) is 28.9 Å². The highest BCUT2D eigenvalue weighted by Gasteiger charge is 2.20. The number of rotatable bonds is 4. The predicted octanol–water partition coefficient (Wildman–Crippen LogP) is 2.98. The highest BCUT2D eigenvalue weighted by atomic mass is 19.2. The molecule has 1 unspecified atom stereocenters. The van der Waals surface area contributed by atoms with Gasteiger partial charge in [0.1, 0.15) is 11.4 Å². The summed E-state index contributed by atoms with van der Waals surface area (Å²) < 4.78 is 29.8. The number of aromatic nitrogens is 3. The number of nitrogens with one attached hydrogen (secondary N) is 1. The molecule has 5 nitrogen and oxygen atoms in total. The van der Waals surface area contributed by atoms with E-state index in [0.717, 1.165) is 12.1 Å². The minimum atomic E-state index is -0.942. The number of hydrogen-bond donors (Lipinski definition) is 1. The minimum Gasteiger partial charge on any atom is -0.345 e. The lowest BCUT2D eigenvalue weighted by Gasteiger charge is -2.15. The van der Waals surface area contributed by atoms with Crippen molar-refractivity contribution in [2.45, 2.75) is 13.0 Å². The zero-order chi connectivity index (χ0) is 17.3. The number of benzene rings is 1. The molecule has 1 atom stereocenters. The van der Waals surface area contributed by atoms with Gasteiger partial charge in [-0.15, -0.1) is 0 Å². The van der Waals surface area contributed by atoms with Crippen molar-refractivity contribution in [2.24, 2.45) is 7.05 Å². The molecule has 7 heteroatoms. The Kier molecular flexibility index (Phi) is 4.16. The molecule has 0 bridgehead atoms. The monoisotopic (exact) mass is 330 g/mol. The predicted molar refractivity (Wildman–Crippen MR) is 84.8 cm³/mol. The second-order valence-electron chi connectivity index (χ2n) is 5.46. The molecule has 24 heavy (non-hydrogen) atoms. The van der Waals surface area contributed by atoms with E-state index in [1.165, 1.54) is 12.3 Å². The van der Waals surface area contributed by atoms with Gasteiger partial charge in [0.05, 0.1) is 12.2 Å². The van der Waals surface area contributed by atoms with Crippen molar-refractivity contribution in [3.05, 3.63) is 71.7 Å². The first kappa shape index (κ1) is 15.9. The van der Waals surface area contributed by atoms with Crippen LogP contribution in [0.25, 0.3) is 5.82 Å². The Morgan fingerprint density at radius 1 is 1.21 bits per heavy atom. The second kappa shape index (κ2) is 6.27. The van der Waals surface area contributed by atoms with Gasteiger partial charge >= 0.3 is 0 Å². The van der Waals surface area contributed by atoms with Crippen molar-refractivity contribution in [3.63, 3.8) is 0 Å². The van der Waals surface area contributed by atoms with Gasteiger partial charge in [0, 0.05) is 19.4 Å². The standard InChI is InChI=1S/C17H16F2N4O/c1-11(12-5-6-14(18)15(19)9-12)21-16(24)13-10-20-22(2)17(13)23-7-3-4-8-23/h3-11H,1-2H3,(H,21,24). The average molecular weight is 330 g/mol. The van der Waals surface area contributed by atoms with E-state index in [4.69, 9.17) is 0 Å². The Morgan fingerprint density at radius 3 is 2.58 bits per heavy atom. The fourth-order valence-corrected chi connectivity index (χ4v) is 2.51. The number of hydrogen-bond acceptors (Lipinski definition) is 2. The van der Waals surface area contributed by atoms with Crippen molar-refractivity contribution in [3.8, 4) is 5.82 Å². The third-order valence-electron chi connectivity index (χ3n) is 3.79. The van der Waals surface area contributed by atoms with Crippen LogP contribution in [0.2, 0.25) is 0 Å². The molecule has 1 amide bonds. The van der Waals surface area contributed by atoms with Crippen LogP contribution in [-0.4, -0.2) is 20.3 Å². The molecule has 2 aromatic heterocycles. The molecule has 0 saturated carbocycles. The number of amides is 1. The van der Waals surface area contributed by atoms with E-state index >= 15 is 0 Å². The Labute approximate surface area is 137 Å². The summed E-state index contributed by atoms with van der Waals surface area (Å²) in [6.45, 7) is 1.70. The fraction of sp³-hybridized carbons (Fsp3) is 0.176. The largest absolute Gasteiger partial charge is 0.345 e. The zero-order valence-corrected chi connectivity index (χ0v) is 13.2. The molecule has 0 fully saturated rings. The summed E-state index contributed by atoms with van der Waals surface area (Å²) in [5.74, 6) is -1.58. The Morgan fingerprint density at radius 2 is 1.92 bits per heavy atom. The summed E-state index contributed by atoms with van der Waals surface area (Å²) in [6, 6.07) is 6.78. The number of aryl methyl sites for hydroxylation is 1. The van der Waals surface area contributed by atoms with Gasteiger partial charge in [-0.25, -0.2) is 8.78 Å². The van der Waals surface area contributed by atoms with Crippen LogP contribution in [0, 0.1) is 11.6 Å². The van der Waals surface area contributed by atoms with Crippen molar-refractivity contribution in [2.75, 3.05) is 0 Å². The topological polar surface area (TPSA) is 51.9 Å². The Hall–Kier alpha value is -2.96. The maximum Gasteiger partial charge on any atom is 0.257 e. The summed E-state index contributed by atoms with van der Waals surface area (Å²) in [6.07, 6.45) is 5.10. The van der Waals surface area contributed by atoms with Crippen LogP contribution in [0.5, 0.6) is 0 Å². The van der Waals surface area contributed by atoms with Crippen LogP contribution in [0.15, 0.2) is 48.9 Å². The van der Waals surface area contributed by atoms with E-state index in [0.29, 0.717) is 16.9 Å². The van der Waals surface area contributed by atoms with Gasteiger partial charge in [0.25, 0.3) is 5.91 Å². The summed E-state index contributed by atoms with van der Waals surface area (Å²) in [5.41, 5.74) is 0.872. The molecule has 0 aliphatic carbocycles. The first-order valence-corrected chi connectivity index (χ1v) is 7.38. The lowest BCUT2D eigenvalue weighted by molar-refractivity contribution is 0.0939. The lowest BCUT2D eigenvalue weighted by Crippen LogP contribution is -2.27. The van der Waals surface area contributed by atoms with Crippen LogP contribution in [0.3, 0.4) is 0 Å². The number of carbonyl (C=O) groups excluding carboxylic acids is 1. The first-order valence-electron chi connectivity index (χ1n) is 7.38. The maximum absolute atomic E-state index is 13.3. The highest BCUT2D eigenvalue weighted by Crippen LogP contribution is 2.18. The highest BCUT2D eigenvalue weighted by molar-refractivity contribution is 5.97. The molecule has 0 saturated heterocycles. The molecule has 2 heterocycles. The molecule has 0 spiro atoms. The molecule has 0 aliphatic heterocycles.